The number of halogens is 2. The summed E-state index contributed by atoms with van der Waals surface area (Å²) in [6, 6.07) is 3.70. The van der Waals surface area contributed by atoms with E-state index in [0.717, 1.165) is 8.95 Å². The van der Waals surface area contributed by atoms with Crippen molar-refractivity contribution in [3.05, 3.63) is 21.1 Å². The average Bonchev–Trinajstić information content (AvgIpc) is 4.10. The summed E-state index contributed by atoms with van der Waals surface area (Å²) in [4.78, 5) is 0. The fourth-order valence-corrected chi connectivity index (χ4v) is 9.11. The molecule has 6 aliphatic rings. The van der Waals surface area contributed by atoms with Crippen molar-refractivity contribution in [2.45, 2.75) is 140 Å². The van der Waals surface area contributed by atoms with Crippen molar-refractivity contribution >= 4 is 31.9 Å². The van der Waals surface area contributed by atoms with E-state index in [1.807, 2.05) is 67.5 Å². The van der Waals surface area contributed by atoms with E-state index in [4.69, 9.17) is 94.7 Å². The van der Waals surface area contributed by atoms with Gasteiger partial charge in [-0.25, -0.2) is 0 Å². The highest BCUT2D eigenvalue weighted by Gasteiger charge is 2.60. The Labute approximate surface area is 416 Å². The van der Waals surface area contributed by atoms with Crippen molar-refractivity contribution in [2.75, 3.05) is 119 Å². The third-order valence-electron chi connectivity index (χ3n) is 11.4. The fourth-order valence-electron chi connectivity index (χ4n) is 8.47. The first-order valence-electron chi connectivity index (χ1n) is 23.6. The van der Waals surface area contributed by atoms with Crippen LogP contribution in [0.3, 0.4) is 0 Å². The fraction of sp³-hybridized carbons (Fsp3) is 0.870. The van der Waals surface area contributed by atoms with Gasteiger partial charge in [0.25, 0.3) is 0 Å². The molecule has 6 aliphatic heterocycles. The molecule has 1 aromatic rings. The second kappa shape index (κ2) is 25.3. The Morgan fingerprint density at radius 1 is 0.412 bits per heavy atom. The molecule has 20 nitrogen and oxygen atoms in total. The Kier molecular flexibility index (Phi) is 20.4. The van der Waals surface area contributed by atoms with Crippen molar-refractivity contribution in [3.63, 3.8) is 0 Å². The molecular weight excluding hydrogens is 1030 g/mol. The van der Waals surface area contributed by atoms with Gasteiger partial charge < -0.3 is 94.7 Å². The second-order valence-electron chi connectivity index (χ2n) is 18.6. The first-order valence-corrected chi connectivity index (χ1v) is 25.2. The van der Waals surface area contributed by atoms with E-state index < -0.39 is 35.7 Å². The zero-order chi connectivity index (χ0) is 48.4. The van der Waals surface area contributed by atoms with Gasteiger partial charge in [-0.05, 0) is 99.4 Å². The van der Waals surface area contributed by atoms with Gasteiger partial charge in [0.1, 0.15) is 62.0 Å². The van der Waals surface area contributed by atoms with E-state index in [0.29, 0.717) is 130 Å². The molecule has 68 heavy (non-hydrogen) atoms. The molecule has 0 aliphatic carbocycles. The van der Waals surface area contributed by atoms with E-state index in [2.05, 4.69) is 31.9 Å². The minimum atomic E-state index is -0.758. The first-order chi connectivity index (χ1) is 32.5. The smallest absolute Gasteiger partial charge is 0.190 e. The summed E-state index contributed by atoms with van der Waals surface area (Å²) in [7, 11) is 0. The van der Waals surface area contributed by atoms with Crippen molar-refractivity contribution in [2.24, 2.45) is 0 Å². The Morgan fingerprint density at radius 3 is 1.06 bits per heavy atom. The summed E-state index contributed by atoms with van der Waals surface area (Å²) in [5, 5.41) is 0. The molecule has 0 aromatic heterocycles. The van der Waals surface area contributed by atoms with E-state index in [1.54, 1.807) is 0 Å². The van der Waals surface area contributed by atoms with Crippen LogP contribution in [0.2, 0.25) is 0 Å². The molecule has 0 amide bonds. The summed E-state index contributed by atoms with van der Waals surface area (Å²) in [6.45, 7) is 21.9. The molecule has 0 unspecified atom stereocenters. The predicted molar refractivity (Wildman–Crippen MR) is 244 cm³/mol. The van der Waals surface area contributed by atoms with Crippen LogP contribution in [0.5, 0.6) is 11.5 Å². The lowest BCUT2D eigenvalue weighted by molar-refractivity contribution is -0.236. The van der Waals surface area contributed by atoms with Crippen LogP contribution in [0, 0.1) is 0 Å². The number of benzene rings is 1. The van der Waals surface area contributed by atoms with E-state index >= 15 is 0 Å². The molecule has 0 spiro atoms. The van der Waals surface area contributed by atoms with Crippen LogP contribution < -0.4 is 9.47 Å². The maximum absolute atomic E-state index is 6.22. The molecular formula is C46H72Br2O20. The van der Waals surface area contributed by atoms with Gasteiger partial charge in [-0.15, -0.1) is 0 Å². The third kappa shape index (κ3) is 16.0. The average molecular weight is 1100 g/mol. The Bertz CT molecular complexity index is 1570. The maximum Gasteiger partial charge on any atom is 0.190 e. The van der Waals surface area contributed by atoms with Crippen molar-refractivity contribution in [1.82, 2.24) is 0 Å². The van der Waals surface area contributed by atoms with E-state index in [1.165, 1.54) is 0 Å². The number of hydrogen-bond donors (Lipinski definition) is 0. The van der Waals surface area contributed by atoms with Gasteiger partial charge in [0.15, 0.2) is 47.2 Å². The highest BCUT2D eigenvalue weighted by Crippen LogP contribution is 2.44. The Morgan fingerprint density at radius 2 is 0.735 bits per heavy atom. The van der Waals surface area contributed by atoms with Gasteiger partial charge >= 0.3 is 0 Å². The highest BCUT2D eigenvalue weighted by atomic mass is 79.9. The van der Waals surface area contributed by atoms with Crippen LogP contribution in [0.15, 0.2) is 21.1 Å². The molecule has 1 aromatic carbocycles. The van der Waals surface area contributed by atoms with Crippen molar-refractivity contribution in [1.29, 1.82) is 0 Å². The van der Waals surface area contributed by atoms with Crippen LogP contribution >= 0.6 is 31.9 Å². The molecule has 390 valence electrons. The summed E-state index contributed by atoms with van der Waals surface area (Å²) < 4.78 is 120. The summed E-state index contributed by atoms with van der Waals surface area (Å²) in [6.07, 6.45) is -3.95. The Balaban J connectivity index is 0.667. The zero-order valence-electron chi connectivity index (χ0n) is 40.6. The number of hydrogen-bond acceptors (Lipinski definition) is 20. The van der Waals surface area contributed by atoms with Crippen LogP contribution in [0.1, 0.15) is 55.4 Å². The quantitative estimate of drug-likeness (QED) is 0.0948. The SMILES string of the molecule is CC1(C)O[C@H]2O[C@H]([C@@H]3COC(C)(C)O3)[C@H](OCCOCCOCCOCCOc3cc(Br)c(Br)cc3OCCOCCOCCOCCO[C@@H]3[C@H]4OC(C)(C)O[C@H]4O[C@@H]3[C@@H]3COC(C)(C)O3)[C@H]2O1. The predicted octanol–water partition coefficient (Wildman–Crippen LogP) is 4.90. The molecule has 6 heterocycles. The third-order valence-corrected chi connectivity index (χ3v) is 13.2. The molecule has 0 radical (unpaired) electrons. The molecule has 0 bridgehead atoms. The highest BCUT2D eigenvalue weighted by molar-refractivity contribution is 9.13. The number of ether oxygens (including phenoxy) is 20. The lowest BCUT2D eigenvalue weighted by atomic mass is 10.1. The van der Waals surface area contributed by atoms with Crippen LogP contribution in [-0.2, 0) is 85.3 Å². The van der Waals surface area contributed by atoms with Gasteiger partial charge in [0.05, 0.1) is 106 Å². The normalized spacial score (nSPS) is 32.0. The summed E-state index contributed by atoms with van der Waals surface area (Å²) in [5.41, 5.74) is 0. The van der Waals surface area contributed by atoms with E-state index in [-0.39, 0.29) is 48.8 Å². The van der Waals surface area contributed by atoms with Gasteiger partial charge in [-0.3, -0.25) is 0 Å². The van der Waals surface area contributed by atoms with Gasteiger partial charge in [0.2, 0.25) is 0 Å². The number of fused-ring (bicyclic) bond motifs is 2. The summed E-state index contributed by atoms with van der Waals surface area (Å²) in [5.74, 6) is -1.73. The molecule has 22 heteroatoms. The van der Waals surface area contributed by atoms with Crippen LogP contribution in [0.25, 0.3) is 0 Å². The van der Waals surface area contributed by atoms with Crippen molar-refractivity contribution < 1.29 is 94.7 Å². The Hall–Kier alpha value is -0.940. The molecule has 0 N–H and O–H groups in total. The molecule has 6 fully saturated rings. The molecule has 0 saturated carbocycles. The van der Waals surface area contributed by atoms with Crippen LogP contribution in [-0.4, -0.2) is 203 Å². The number of rotatable bonds is 30. The van der Waals surface area contributed by atoms with Gasteiger partial charge in [0, 0.05) is 8.95 Å². The van der Waals surface area contributed by atoms with E-state index in [9.17, 15) is 0 Å². The molecule has 7 rings (SSSR count). The minimum absolute atomic E-state index is 0.293. The monoisotopic (exact) mass is 1100 g/mol. The van der Waals surface area contributed by atoms with Crippen molar-refractivity contribution in [3.8, 4) is 11.5 Å². The molecule has 6 saturated heterocycles. The topological polar surface area (TPSA) is 185 Å². The second-order valence-corrected chi connectivity index (χ2v) is 20.3. The maximum atomic E-state index is 6.22. The largest absolute Gasteiger partial charge is 0.487 e. The lowest BCUT2D eigenvalue weighted by Crippen LogP contribution is -2.44. The standard InChI is InChI=1S/C46H72Br2O20/c1-43(2)59-27-33(63-43)35-37(39-41(61-35)67-45(5,6)65-39)57-23-19-53-15-11-49-9-13-51-17-21-55-31-25-29(47)30(48)26-32(31)56-22-18-52-14-10-50-12-16-54-20-24-58-38-36(34-28-60-44(3,4)64-34)62-42-40(38)66-46(7,8)68-42/h25-26,33-42H,9-24,27-28H2,1-8H3/t33-,34-,35+,36+,37-,38-,39+,40+,41+,42+/m0/s1. The van der Waals surface area contributed by atoms with Gasteiger partial charge in [-0.1, -0.05) is 0 Å². The lowest BCUT2D eigenvalue weighted by Gasteiger charge is -2.29. The van der Waals surface area contributed by atoms with Gasteiger partial charge in [-0.2, -0.15) is 0 Å². The zero-order valence-corrected chi connectivity index (χ0v) is 43.7. The molecule has 10 atom stereocenters. The van der Waals surface area contributed by atoms with Crippen LogP contribution in [0.4, 0.5) is 0 Å². The minimum Gasteiger partial charge on any atom is -0.487 e. The first kappa shape index (κ1) is 54.8. The summed E-state index contributed by atoms with van der Waals surface area (Å²) >= 11 is 7.08.